The van der Waals surface area contributed by atoms with Crippen LogP contribution in [0.1, 0.15) is 12.5 Å². The van der Waals surface area contributed by atoms with E-state index in [9.17, 15) is 0 Å². The zero-order valence-corrected chi connectivity index (χ0v) is 13.6. The Morgan fingerprint density at radius 1 is 1.14 bits per heavy atom. The van der Waals surface area contributed by atoms with E-state index in [1.54, 1.807) is 18.0 Å². The van der Waals surface area contributed by atoms with Gasteiger partial charge in [-0.05, 0) is 13.8 Å². The van der Waals surface area contributed by atoms with E-state index in [2.05, 4.69) is 62.4 Å². The normalized spacial score (nSPS) is 11.0. The van der Waals surface area contributed by atoms with Crippen molar-refractivity contribution in [2.75, 3.05) is 5.75 Å². The average molecular weight is 313 g/mol. The number of aromatic nitrogens is 5. The molecule has 0 spiro atoms. The summed E-state index contributed by atoms with van der Waals surface area (Å²) < 4.78 is 4.24. The maximum Gasteiger partial charge on any atom is 0.191 e. The summed E-state index contributed by atoms with van der Waals surface area (Å²) in [5.74, 6) is 1.88. The summed E-state index contributed by atoms with van der Waals surface area (Å²) in [6.07, 6.45) is 5.61. The Labute approximate surface area is 134 Å². The Morgan fingerprint density at radius 3 is 2.64 bits per heavy atom. The fraction of sp³-hybridized carbons (Fsp3) is 0.312. The molecule has 3 rings (SSSR count). The van der Waals surface area contributed by atoms with Crippen LogP contribution >= 0.6 is 11.8 Å². The first-order valence-electron chi connectivity index (χ1n) is 7.36. The number of imidazole rings is 1. The van der Waals surface area contributed by atoms with Crippen molar-refractivity contribution in [1.82, 2.24) is 24.3 Å². The van der Waals surface area contributed by atoms with Crippen LogP contribution in [-0.2, 0) is 13.1 Å². The molecule has 0 amide bonds. The first-order valence-corrected chi connectivity index (χ1v) is 8.35. The van der Waals surface area contributed by atoms with Crippen LogP contribution < -0.4 is 0 Å². The fourth-order valence-corrected chi connectivity index (χ4v) is 3.21. The van der Waals surface area contributed by atoms with Crippen LogP contribution in [0.3, 0.4) is 0 Å². The standard InChI is InChI=1S/C16H19N5S/c1-3-21-15(14-6-4-13(2)5-7-14)18-19-16(21)22-11-10-20-9-8-17-12-20/h4-9,12H,3,10-11H2,1-2H3. The molecule has 0 bridgehead atoms. The van der Waals surface area contributed by atoms with E-state index in [1.807, 2.05) is 12.5 Å². The Bertz CT molecular complexity index is 716. The topological polar surface area (TPSA) is 48.5 Å². The third-order valence-corrected chi connectivity index (χ3v) is 4.43. The second-order valence-electron chi connectivity index (χ2n) is 5.07. The second kappa shape index (κ2) is 6.79. The van der Waals surface area contributed by atoms with Gasteiger partial charge in [-0.1, -0.05) is 41.6 Å². The predicted octanol–water partition coefficient (Wildman–Crippen LogP) is 3.26. The molecule has 6 heteroatoms. The van der Waals surface area contributed by atoms with Crippen molar-refractivity contribution in [3.05, 3.63) is 48.5 Å². The molecule has 114 valence electrons. The van der Waals surface area contributed by atoms with E-state index in [0.717, 1.165) is 35.4 Å². The molecule has 0 aliphatic heterocycles. The third kappa shape index (κ3) is 3.22. The van der Waals surface area contributed by atoms with E-state index < -0.39 is 0 Å². The number of hydrogen-bond donors (Lipinski definition) is 0. The zero-order chi connectivity index (χ0) is 15.4. The highest BCUT2D eigenvalue weighted by Gasteiger charge is 2.12. The minimum Gasteiger partial charge on any atom is -0.337 e. The van der Waals surface area contributed by atoms with Crippen LogP contribution in [0.15, 0.2) is 48.1 Å². The summed E-state index contributed by atoms with van der Waals surface area (Å²) >= 11 is 1.73. The minimum absolute atomic E-state index is 0.865. The summed E-state index contributed by atoms with van der Waals surface area (Å²) in [4.78, 5) is 4.05. The number of benzene rings is 1. The van der Waals surface area contributed by atoms with Gasteiger partial charge in [-0.2, -0.15) is 0 Å². The monoisotopic (exact) mass is 313 g/mol. The Hall–Kier alpha value is -2.08. The number of nitrogens with zero attached hydrogens (tertiary/aromatic N) is 5. The van der Waals surface area contributed by atoms with Gasteiger partial charge in [0.25, 0.3) is 0 Å². The van der Waals surface area contributed by atoms with Crippen LogP contribution in [0.5, 0.6) is 0 Å². The molecule has 1 aromatic carbocycles. The number of hydrogen-bond acceptors (Lipinski definition) is 4. The number of rotatable bonds is 6. The van der Waals surface area contributed by atoms with Gasteiger partial charge in [0.05, 0.1) is 6.33 Å². The summed E-state index contributed by atoms with van der Waals surface area (Å²) in [6.45, 7) is 6.00. The lowest BCUT2D eigenvalue weighted by atomic mass is 10.1. The predicted molar refractivity (Wildman–Crippen MR) is 88.8 cm³/mol. The maximum atomic E-state index is 4.38. The van der Waals surface area contributed by atoms with Crippen molar-refractivity contribution in [2.45, 2.75) is 32.1 Å². The summed E-state index contributed by atoms with van der Waals surface area (Å²) in [6, 6.07) is 8.42. The Morgan fingerprint density at radius 2 is 1.95 bits per heavy atom. The van der Waals surface area contributed by atoms with Crippen molar-refractivity contribution in [2.24, 2.45) is 0 Å². The maximum absolute atomic E-state index is 4.38. The minimum atomic E-state index is 0.865. The molecular weight excluding hydrogens is 294 g/mol. The third-order valence-electron chi connectivity index (χ3n) is 3.48. The van der Waals surface area contributed by atoms with Crippen LogP contribution in [-0.4, -0.2) is 30.1 Å². The molecule has 0 aliphatic carbocycles. The van der Waals surface area contributed by atoms with E-state index >= 15 is 0 Å². The zero-order valence-electron chi connectivity index (χ0n) is 12.8. The van der Waals surface area contributed by atoms with Crippen molar-refractivity contribution >= 4 is 11.8 Å². The van der Waals surface area contributed by atoms with Crippen molar-refractivity contribution < 1.29 is 0 Å². The van der Waals surface area contributed by atoms with Gasteiger partial charge < -0.3 is 9.13 Å². The van der Waals surface area contributed by atoms with Gasteiger partial charge >= 0.3 is 0 Å². The lowest BCUT2D eigenvalue weighted by Crippen LogP contribution is -2.02. The van der Waals surface area contributed by atoms with E-state index in [4.69, 9.17) is 0 Å². The van der Waals surface area contributed by atoms with Gasteiger partial charge in [0.15, 0.2) is 11.0 Å². The van der Waals surface area contributed by atoms with Crippen LogP contribution in [0, 0.1) is 6.92 Å². The van der Waals surface area contributed by atoms with Crippen molar-refractivity contribution in [3.63, 3.8) is 0 Å². The van der Waals surface area contributed by atoms with Gasteiger partial charge in [0.2, 0.25) is 0 Å². The lowest BCUT2D eigenvalue weighted by Gasteiger charge is -2.07. The molecule has 0 saturated carbocycles. The Balaban J connectivity index is 1.74. The van der Waals surface area contributed by atoms with Crippen LogP contribution in [0.25, 0.3) is 11.4 Å². The molecule has 3 aromatic rings. The number of aryl methyl sites for hydroxylation is 2. The highest BCUT2D eigenvalue weighted by atomic mass is 32.2. The van der Waals surface area contributed by atoms with Crippen molar-refractivity contribution in [3.8, 4) is 11.4 Å². The van der Waals surface area contributed by atoms with Crippen LogP contribution in [0.4, 0.5) is 0 Å². The highest BCUT2D eigenvalue weighted by molar-refractivity contribution is 7.99. The average Bonchev–Trinajstić information content (AvgIpc) is 3.17. The smallest absolute Gasteiger partial charge is 0.191 e. The fourth-order valence-electron chi connectivity index (χ4n) is 2.26. The summed E-state index contributed by atoms with van der Waals surface area (Å²) in [5.41, 5.74) is 2.36. The first-order chi connectivity index (χ1) is 10.8. The molecule has 0 aliphatic rings. The molecule has 5 nitrogen and oxygen atoms in total. The summed E-state index contributed by atoms with van der Waals surface area (Å²) in [5, 5.41) is 9.70. The van der Waals surface area contributed by atoms with Crippen LogP contribution in [0.2, 0.25) is 0 Å². The summed E-state index contributed by atoms with van der Waals surface area (Å²) in [7, 11) is 0. The van der Waals surface area contributed by atoms with Gasteiger partial charge in [-0.25, -0.2) is 4.98 Å². The molecule has 2 heterocycles. The van der Waals surface area contributed by atoms with Gasteiger partial charge in [0.1, 0.15) is 0 Å². The van der Waals surface area contributed by atoms with E-state index in [1.165, 1.54) is 5.56 Å². The van der Waals surface area contributed by atoms with Gasteiger partial charge in [-0.15, -0.1) is 10.2 Å². The molecule has 0 fully saturated rings. The molecule has 0 N–H and O–H groups in total. The molecule has 0 atom stereocenters. The molecule has 22 heavy (non-hydrogen) atoms. The molecule has 0 unspecified atom stereocenters. The quantitative estimate of drug-likeness (QED) is 0.655. The molecule has 2 aromatic heterocycles. The highest BCUT2D eigenvalue weighted by Crippen LogP contribution is 2.24. The SMILES string of the molecule is CCn1c(SCCn2ccnc2)nnc1-c1ccc(C)cc1. The molecule has 0 saturated heterocycles. The van der Waals surface area contributed by atoms with E-state index in [-0.39, 0.29) is 0 Å². The second-order valence-corrected chi connectivity index (χ2v) is 6.13. The lowest BCUT2D eigenvalue weighted by molar-refractivity contribution is 0.685. The molecular formula is C16H19N5S. The van der Waals surface area contributed by atoms with Gasteiger partial charge in [-0.3, -0.25) is 0 Å². The van der Waals surface area contributed by atoms with E-state index in [0.29, 0.717) is 0 Å². The first kappa shape index (κ1) is 14.8. The molecule has 0 radical (unpaired) electrons. The Kier molecular flexibility index (Phi) is 4.58. The van der Waals surface area contributed by atoms with Crippen molar-refractivity contribution in [1.29, 1.82) is 0 Å². The number of thioether (sulfide) groups is 1. The largest absolute Gasteiger partial charge is 0.337 e. The van der Waals surface area contributed by atoms with Gasteiger partial charge in [0, 0.05) is 36.8 Å².